The predicted molar refractivity (Wildman–Crippen MR) is 71.9 cm³/mol. The summed E-state index contributed by atoms with van der Waals surface area (Å²) in [6.07, 6.45) is -1.29. The molecule has 2 N–H and O–H groups in total. The van der Waals surface area contributed by atoms with E-state index in [4.69, 9.17) is 16.3 Å². The number of benzene rings is 1. The zero-order chi connectivity index (χ0) is 13.9. The Bertz CT molecular complexity index is 438. The van der Waals surface area contributed by atoms with Gasteiger partial charge in [0.2, 0.25) is 0 Å². The molecule has 1 aromatic carbocycles. The number of aliphatic hydroxyl groups excluding tert-OH is 1. The van der Waals surface area contributed by atoms with Gasteiger partial charge >= 0.3 is 6.09 Å². The topological polar surface area (TPSA) is 58.6 Å². The van der Waals surface area contributed by atoms with Gasteiger partial charge in [0.1, 0.15) is 5.60 Å². The van der Waals surface area contributed by atoms with E-state index in [9.17, 15) is 9.90 Å². The maximum Gasteiger partial charge on any atom is 0.412 e. The van der Waals surface area contributed by atoms with Crippen molar-refractivity contribution in [2.24, 2.45) is 0 Å². The summed E-state index contributed by atoms with van der Waals surface area (Å²) >= 11 is 5.85. The van der Waals surface area contributed by atoms with Crippen LogP contribution >= 0.6 is 11.6 Å². The van der Waals surface area contributed by atoms with Crippen LogP contribution in [0.25, 0.3) is 0 Å². The van der Waals surface area contributed by atoms with Crippen LogP contribution in [0.5, 0.6) is 0 Å². The average Bonchev–Trinajstić information content (AvgIpc) is 2.17. The lowest BCUT2D eigenvalue weighted by molar-refractivity contribution is 0.0635. The summed E-state index contributed by atoms with van der Waals surface area (Å²) < 4.78 is 5.14. The van der Waals surface area contributed by atoms with Crippen molar-refractivity contribution >= 4 is 23.4 Å². The quantitative estimate of drug-likeness (QED) is 0.861. The Kier molecular flexibility index (Phi) is 4.59. The second-order valence-corrected chi connectivity index (χ2v) is 5.47. The van der Waals surface area contributed by atoms with Gasteiger partial charge in [-0.05, 0) is 45.9 Å². The number of amides is 1. The number of hydrogen-bond donors (Lipinski definition) is 2. The monoisotopic (exact) mass is 271 g/mol. The number of hydrogen-bond acceptors (Lipinski definition) is 3. The number of halogens is 1. The molecule has 0 bridgehead atoms. The first-order valence-corrected chi connectivity index (χ1v) is 6.04. The van der Waals surface area contributed by atoms with E-state index < -0.39 is 17.8 Å². The van der Waals surface area contributed by atoms with Gasteiger partial charge in [-0.3, -0.25) is 5.32 Å². The third kappa shape index (κ3) is 4.55. The van der Waals surface area contributed by atoms with Gasteiger partial charge in [0.15, 0.2) is 0 Å². The molecule has 0 heterocycles. The molecule has 1 rings (SSSR count). The van der Waals surface area contributed by atoms with Gasteiger partial charge in [-0.2, -0.15) is 0 Å². The molecule has 0 aromatic heterocycles. The van der Waals surface area contributed by atoms with Crippen LogP contribution in [0.2, 0.25) is 5.02 Å². The molecule has 0 fully saturated rings. The van der Waals surface area contributed by atoms with Gasteiger partial charge in [-0.25, -0.2) is 4.79 Å². The molecular formula is C13H18ClNO3. The van der Waals surface area contributed by atoms with Crippen molar-refractivity contribution in [3.05, 3.63) is 28.8 Å². The highest BCUT2D eigenvalue weighted by atomic mass is 35.5. The van der Waals surface area contributed by atoms with Crippen LogP contribution in [0.1, 0.15) is 39.4 Å². The number of carbonyl (C=O) groups is 1. The minimum atomic E-state index is -0.728. The molecule has 4 nitrogen and oxygen atoms in total. The van der Waals surface area contributed by atoms with Gasteiger partial charge in [-0.1, -0.05) is 11.6 Å². The lowest BCUT2D eigenvalue weighted by Gasteiger charge is -2.21. The summed E-state index contributed by atoms with van der Waals surface area (Å²) in [5.41, 5.74) is 0.471. The van der Waals surface area contributed by atoms with Crippen molar-refractivity contribution in [1.82, 2.24) is 0 Å². The number of aliphatic hydroxyl groups is 1. The molecule has 0 aliphatic carbocycles. The Labute approximate surface area is 112 Å². The number of carbonyl (C=O) groups excluding carboxylic acids is 1. The SMILES string of the molecule is C[C@H](O)c1cc(Cl)ccc1NC(=O)OC(C)(C)C. The van der Waals surface area contributed by atoms with Crippen LogP contribution < -0.4 is 5.32 Å². The van der Waals surface area contributed by atoms with Crippen molar-refractivity contribution in [2.45, 2.75) is 39.4 Å². The molecule has 18 heavy (non-hydrogen) atoms. The van der Waals surface area contributed by atoms with Gasteiger partial charge in [0.25, 0.3) is 0 Å². The first-order valence-electron chi connectivity index (χ1n) is 5.66. The first kappa shape index (κ1) is 14.8. The van der Waals surface area contributed by atoms with Gasteiger partial charge < -0.3 is 9.84 Å². The maximum absolute atomic E-state index is 11.6. The fourth-order valence-electron chi connectivity index (χ4n) is 1.41. The third-order valence-electron chi connectivity index (χ3n) is 2.10. The minimum absolute atomic E-state index is 0.489. The maximum atomic E-state index is 11.6. The molecule has 0 saturated heterocycles. The van der Waals surface area contributed by atoms with Gasteiger partial charge in [0, 0.05) is 16.3 Å². The van der Waals surface area contributed by atoms with E-state index in [0.717, 1.165) is 0 Å². The Morgan fingerprint density at radius 3 is 2.56 bits per heavy atom. The zero-order valence-corrected chi connectivity index (χ0v) is 11.7. The molecule has 5 heteroatoms. The van der Waals surface area contributed by atoms with Crippen molar-refractivity contribution in [3.8, 4) is 0 Å². The summed E-state index contributed by atoms with van der Waals surface area (Å²) in [5.74, 6) is 0. The van der Waals surface area contributed by atoms with E-state index in [1.165, 1.54) is 0 Å². The normalized spacial score (nSPS) is 13.0. The van der Waals surface area contributed by atoms with E-state index in [-0.39, 0.29) is 0 Å². The molecule has 0 spiro atoms. The number of ether oxygens (including phenoxy) is 1. The van der Waals surface area contributed by atoms with Crippen molar-refractivity contribution < 1.29 is 14.6 Å². The van der Waals surface area contributed by atoms with Crippen LogP contribution in [0.15, 0.2) is 18.2 Å². The average molecular weight is 272 g/mol. The molecule has 1 aromatic rings. The molecule has 0 aliphatic heterocycles. The predicted octanol–water partition coefficient (Wildman–Crippen LogP) is 3.74. The smallest absolute Gasteiger partial charge is 0.412 e. The number of rotatable bonds is 2. The van der Waals surface area contributed by atoms with E-state index >= 15 is 0 Å². The standard InChI is InChI=1S/C13H18ClNO3/c1-8(16)10-7-9(14)5-6-11(10)15-12(17)18-13(2,3)4/h5-8,16H,1-4H3,(H,15,17)/t8-/m0/s1. The van der Waals surface area contributed by atoms with E-state index in [2.05, 4.69) is 5.32 Å². The molecule has 100 valence electrons. The number of anilines is 1. The molecule has 0 radical (unpaired) electrons. The summed E-state index contributed by atoms with van der Waals surface area (Å²) in [6, 6.07) is 4.88. The van der Waals surface area contributed by atoms with Crippen LogP contribution in [-0.2, 0) is 4.74 Å². The molecule has 1 atom stereocenters. The summed E-state index contributed by atoms with van der Waals surface area (Å²) in [6.45, 7) is 6.95. The van der Waals surface area contributed by atoms with Crippen LogP contribution in [-0.4, -0.2) is 16.8 Å². The molecule has 0 aliphatic rings. The Morgan fingerprint density at radius 2 is 2.06 bits per heavy atom. The fraction of sp³-hybridized carbons (Fsp3) is 0.462. The molecule has 0 saturated carbocycles. The van der Waals surface area contributed by atoms with Gasteiger partial charge in [-0.15, -0.1) is 0 Å². The Balaban J connectivity index is 2.88. The van der Waals surface area contributed by atoms with Crippen molar-refractivity contribution in [3.63, 3.8) is 0 Å². The highest BCUT2D eigenvalue weighted by molar-refractivity contribution is 6.30. The Hall–Kier alpha value is -1.26. The molecule has 0 unspecified atom stereocenters. The van der Waals surface area contributed by atoms with Crippen LogP contribution in [0.4, 0.5) is 10.5 Å². The second kappa shape index (κ2) is 5.59. The summed E-state index contributed by atoms with van der Waals surface area (Å²) in [5, 5.41) is 12.7. The summed E-state index contributed by atoms with van der Waals surface area (Å²) in [4.78, 5) is 11.6. The largest absolute Gasteiger partial charge is 0.444 e. The van der Waals surface area contributed by atoms with Crippen LogP contribution in [0.3, 0.4) is 0 Å². The molecule has 1 amide bonds. The van der Waals surface area contributed by atoms with Crippen LogP contribution in [0, 0.1) is 0 Å². The van der Waals surface area contributed by atoms with Gasteiger partial charge in [0.05, 0.1) is 6.10 Å². The van der Waals surface area contributed by atoms with E-state index in [0.29, 0.717) is 16.3 Å². The summed E-state index contributed by atoms with van der Waals surface area (Å²) in [7, 11) is 0. The van der Waals surface area contributed by atoms with Crippen molar-refractivity contribution in [1.29, 1.82) is 0 Å². The molecular weight excluding hydrogens is 254 g/mol. The highest BCUT2D eigenvalue weighted by Gasteiger charge is 2.18. The minimum Gasteiger partial charge on any atom is -0.444 e. The van der Waals surface area contributed by atoms with Crippen molar-refractivity contribution in [2.75, 3.05) is 5.32 Å². The lowest BCUT2D eigenvalue weighted by atomic mass is 10.1. The third-order valence-corrected chi connectivity index (χ3v) is 2.33. The highest BCUT2D eigenvalue weighted by Crippen LogP contribution is 2.26. The lowest BCUT2D eigenvalue weighted by Crippen LogP contribution is -2.27. The Morgan fingerprint density at radius 1 is 1.44 bits per heavy atom. The van der Waals surface area contributed by atoms with E-state index in [1.807, 2.05) is 0 Å². The zero-order valence-electron chi connectivity index (χ0n) is 11.0. The number of nitrogens with one attached hydrogen (secondary N) is 1. The fourth-order valence-corrected chi connectivity index (χ4v) is 1.59. The second-order valence-electron chi connectivity index (χ2n) is 5.03. The van der Waals surface area contributed by atoms with E-state index in [1.54, 1.807) is 45.9 Å². The first-order chi connectivity index (χ1) is 8.19.